The van der Waals surface area contributed by atoms with Crippen molar-refractivity contribution in [3.63, 3.8) is 0 Å². The van der Waals surface area contributed by atoms with E-state index in [1.165, 1.54) is 11.8 Å². The quantitative estimate of drug-likeness (QED) is 0.432. The average Bonchev–Trinajstić information content (AvgIpc) is 2.80. The summed E-state index contributed by atoms with van der Waals surface area (Å²) in [5.41, 5.74) is 2.19. The minimum Gasteiger partial charge on any atom is -0.481 e. The molecule has 0 bridgehead atoms. The van der Waals surface area contributed by atoms with Gasteiger partial charge in [0.05, 0.1) is 11.7 Å². The third-order valence-corrected chi connectivity index (χ3v) is 5.71. The van der Waals surface area contributed by atoms with Gasteiger partial charge in [-0.2, -0.15) is 0 Å². The van der Waals surface area contributed by atoms with E-state index in [0.29, 0.717) is 5.69 Å². The van der Waals surface area contributed by atoms with Crippen LogP contribution in [0.4, 0.5) is 17.1 Å². The van der Waals surface area contributed by atoms with E-state index >= 15 is 0 Å². The van der Waals surface area contributed by atoms with Crippen molar-refractivity contribution in [3.05, 3.63) is 84.9 Å². The first-order valence-electron chi connectivity index (χ1n) is 10.2. The molecule has 0 saturated carbocycles. The smallest absolute Gasteiger partial charge is 0.303 e. The van der Waals surface area contributed by atoms with Crippen LogP contribution in [-0.4, -0.2) is 28.1 Å². The van der Waals surface area contributed by atoms with Crippen LogP contribution in [0.3, 0.4) is 0 Å². The molecule has 0 heterocycles. The van der Waals surface area contributed by atoms with Gasteiger partial charge in [-0.3, -0.25) is 19.3 Å². The predicted octanol–water partition coefficient (Wildman–Crippen LogP) is 5.34. The minimum absolute atomic E-state index is 0.0431. The lowest BCUT2D eigenvalue weighted by molar-refractivity contribution is -0.138. The molecule has 32 heavy (non-hydrogen) atoms. The van der Waals surface area contributed by atoms with E-state index in [0.717, 1.165) is 16.3 Å². The zero-order valence-electron chi connectivity index (χ0n) is 17.6. The fourth-order valence-electron chi connectivity index (χ4n) is 3.05. The number of rotatable bonds is 9. The van der Waals surface area contributed by atoms with Crippen molar-refractivity contribution in [3.8, 4) is 0 Å². The van der Waals surface area contributed by atoms with Crippen LogP contribution < -0.4 is 10.2 Å². The number of para-hydroxylation sites is 2. The Labute approximate surface area is 191 Å². The van der Waals surface area contributed by atoms with E-state index < -0.39 is 5.97 Å². The maximum absolute atomic E-state index is 13.4. The van der Waals surface area contributed by atoms with Crippen molar-refractivity contribution in [2.45, 2.75) is 29.9 Å². The van der Waals surface area contributed by atoms with Crippen LogP contribution in [0.15, 0.2) is 89.8 Å². The molecule has 164 valence electrons. The Hall–Kier alpha value is -3.58. The number of carbonyl (C=O) groups excluding carboxylic acids is 2. The summed E-state index contributed by atoms with van der Waals surface area (Å²) in [6, 6.07) is 26.2. The first-order chi connectivity index (χ1) is 15.4. The molecular formula is C25H24N2O4S. The molecule has 2 amide bonds. The molecule has 6 nitrogen and oxygen atoms in total. The molecule has 0 aliphatic carbocycles. The summed E-state index contributed by atoms with van der Waals surface area (Å²) in [4.78, 5) is 38.3. The number of hydrogen-bond acceptors (Lipinski definition) is 4. The topological polar surface area (TPSA) is 86.7 Å². The lowest BCUT2D eigenvalue weighted by atomic mass is 10.2. The van der Waals surface area contributed by atoms with Gasteiger partial charge in [-0.25, -0.2) is 0 Å². The highest BCUT2D eigenvalue weighted by molar-refractivity contribution is 8.00. The molecule has 0 radical (unpaired) electrons. The Morgan fingerprint density at radius 1 is 0.844 bits per heavy atom. The summed E-state index contributed by atoms with van der Waals surface area (Å²) in [7, 11) is 0. The summed E-state index contributed by atoms with van der Waals surface area (Å²) in [5.74, 6) is -1.40. The number of anilines is 3. The molecule has 0 spiro atoms. The highest BCUT2D eigenvalue weighted by Gasteiger charge is 2.24. The maximum Gasteiger partial charge on any atom is 0.303 e. The van der Waals surface area contributed by atoms with Crippen LogP contribution in [0.25, 0.3) is 0 Å². The second kappa shape index (κ2) is 11.2. The van der Waals surface area contributed by atoms with E-state index in [1.807, 2.05) is 79.7 Å². The van der Waals surface area contributed by atoms with E-state index in [4.69, 9.17) is 5.11 Å². The molecule has 3 rings (SSSR count). The van der Waals surface area contributed by atoms with Gasteiger partial charge in [0.25, 0.3) is 0 Å². The summed E-state index contributed by atoms with van der Waals surface area (Å²) in [6.45, 7) is 1.87. The molecule has 0 fully saturated rings. The second-order valence-electron chi connectivity index (χ2n) is 7.07. The van der Waals surface area contributed by atoms with Gasteiger partial charge in [0.15, 0.2) is 0 Å². The Bertz CT molecular complexity index is 1020. The van der Waals surface area contributed by atoms with Gasteiger partial charge in [-0.05, 0) is 55.5 Å². The van der Waals surface area contributed by atoms with Gasteiger partial charge >= 0.3 is 5.97 Å². The van der Waals surface area contributed by atoms with E-state index in [-0.39, 0.29) is 29.9 Å². The molecular weight excluding hydrogens is 424 g/mol. The fourth-order valence-corrected chi connectivity index (χ4v) is 3.96. The Morgan fingerprint density at radius 2 is 1.38 bits per heavy atom. The highest BCUT2D eigenvalue weighted by Crippen LogP contribution is 2.31. The number of carboxylic acids is 1. The Balaban J connectivity index is 1.68. The number of thioether (sulfide) groups is 1. The molecule has 3 aromatic carbocycles. The van der Waals surface area contributed by atoms with Gasteiger partial charge in [0.1, 0.15) is 0 Å². The highest BCUT2D eigenvalue weighted by atomic mass is 32.2. The minimum atomic E-state index is -1.01. The van der Waals surface area contributed by atoms with Crippen LogP contribution in [0.1, 0.15) is 19.8 Å². The van der Waals surface area contributed by atoms with Gasteiger partial charge in [0, 0.05) is 28.4 Å². The van der Waals surface area contributed by atoms with Gasteiger partial charge in [-0.1, -0.05) is 36.4 Å². The van der Waals surface area contributed by atoms with Crippen molar-refractivity contribution in [1.82, 2.24) is 0 Å². The number of aliphatic carboxylic acids is 1. The van der Waals surface area contributed by atoms with Crippen molar-refractivity contribution in [2.75, 3.05) is 10.2 Å². The second-order valence-corrected chi connectivity index (χ2v) is 8.49. The third kappa shape index (κ3) is 6.46. The number of carboxylic acid groups (broad SMARTS) is 1. The normalized spacial score (nSPS) is 11.4. The van der Waals surface area contributed by atoms with Crippen molar-refractivity contribution in [2.24, 2.45) is 0 Å². The van der Waals surface area contributed by atoms with Crippen molar-refractivity contribution < 1.29 is 19.5 Å². The van der Waals surface area contributed by atoms with E-state index in [9.17, 15) is 14.4 Å². The zero-order valence-corrected chi connectivity index (χ0v) is 18.4. The fraction of sp³-hybridized carbons (Fsp3) is 0.160. The number of nitrogens with zero attached hydrogens (tertiary/aromatic N) is 1. The molecule has 0 aromatic heterocycles. The summed E-state index contributed by atoms with van der Waals surface area (Å²) in [5, 5.41) is 11.0. The first kappa shape index (κ1) is 23.1. The number of carbonyl (C=O) groups is 3. The number of hydrogen-bond donors (Lipinski definition) is 2. The maximum atomic E-state index is 13.4. The van der Waals surface area contributed by atoms with Crippen LogP contribution in [0, 0.1) is 0 Å². The van der Waals surface area contributed by atoms with Crippen LogP contribution in [-0.2, 0) is 14.4 Å². The SMILES string of the molecule is CC(Sc1ccc(NC(=O)CCC(=O)O)cc1)C(=O)N(c1ccccc1)c1ccccc1. The number of amides is 2. The number of benzene rings is 3. The van der Waals surface area contributed by atoms with Gasteiger partial charge in [0.2, 0.25) is 11.8 Å². The molecule has 0 aliphatic rings. The molecule has 7 heteroatoms. The Kier molecular flexibility index (Phi) is 8.05. The van der Waals surface area contributed by atoms with Crippen molar-refractivity contribution in [1.29, 1.82) is 0 Å². The molecule has 1 unspecified atom stereocenters. The summed E-state index contributed by atoms with van der Waals surface area (Å²) < 4.78 is 0. The third-order valence-electron chi connectivity index (χ3n) is 4.61. The van der Waals surface area contributed by atoms with Crippen LogP contribution in [0.2, 0.25) is 0 Å². The van der Waals surface area contributed by atoms with Crippen LogP contribution in [0.5, 0.6) is 0 Å². The zero-order chi connectivity index (χ0) is 22.9. The molecule has 0 aliphatic heterocycles. The summed E-state index contributed by atoms with van der Waals surface area (Å²) >= 11 is 1.43. The largest absolute Gasteiger partial charge is 0.481 e. The lowest BCUT2D eigenvalue weighted by Crippen LogP contribution is -2.32. The van der Waals surface area contributed by atoms with E-state index in [2.05, 4.69) is 5.32 Å². The van der Waals surface area contributed by atoms with Crippen molar-refractivity contribution >= 4 is 46.6 Å². The van der Waals surface area contributed by atoms with Gasteiger partial charge < -0.3 is 10.4 Å². The van der Waals surface area contributed by atoms with Gasteiger partial charge in [-0.15, -0.1) is 11.8 Å². The molecule has 3 aromatic rings. The average molecular weight is 449 g/mol. The summed E-state index contributed by atoms with van der Waals surface area (Å²) in [6.07, 6.45) is -0.287. The standard InChI is InChI=1S/C25H24N2O4S/c1-18(32-22-14-12-19(13-15-22)26-23(28)16-17-24(29)30)25(31)27(20-8-4-2-5-9-20)21-10-6-3-7-11-21/h2-15,18H,16-17H2,1H3,(H,26,28)(H,29,30). The molecule has 0 saturated heterocycles. The first-order valence-corrected chi connectivity index (χ1v) is 11.0. The molecule has 2 N–H and O–H groups in total. The number of nitrogens with one attached hydrogen (secondary N) is 1. The lowest BCUT2D eigenvalue weighted by Gasteiger charge is -2.26. The monoisotopic (exact) mass is 448 g/mol. The van der Waals surface area contributed by atoms with E-state index in [1.54, 1.807) is 17.0 Å². The predicted molar refractivity (Wildman–Crippen MR) is 127 cm³/mol. The molecule has 1 atom stereocenters. The van der Waals surface area contributed by atoms with Crippen LogP contribution >= 0.6 is 11.8 Å². The Morgan fingerprint density at radius 3 is 1.88 bits per heavy atom.